The van der Waals surface area contributed by atoms with Crippen LogP contribution in [-0.4, -0.2) is 39.2 Å². The summed E-state index contributed by atoms with van der Waals surface area (Å²) < 4.78 is 5.49. The molecule has 28 heavy (non-hydrogen) atoms. The van der Waals surface area contributed by atoms with Gasteiger partial charge in [0.15, 0.2) is 0 Å². The third-order valence-corrected chi connectivity index (χ3v) is 5.03. The number of para-hydroxylation sites is 2. The molecular formula is C18H13ClN2O6S. The Balaban J connectivity index is 1.71. The maximum Gasteiger partial charge on any atom is 0.311 e. The highest BCUT2D eigenvalue weighted by molar-refractivity contribution is 8.18. The van der Waals surface area contributed by atoms with Crippen LogP contribution in [0.1, 0.15) is 5.56 Å². The van der Waals surface area contributed by atoms with Crippen LogP contribution in [0, 0.1) is 10.1 Å². The molecule has 0 bridgehead atoms. The first-order valence-electron chi connectivity index (χ1n) is 7.97. The van der Waals surface area contributed by atoms with E-state index >= 15 is 0 Å². The number of hydrogen-bond donors (Lipinski definition) is 1. The molecule has 1 aliphatic heterocycles. The number of halogens is 1. The van der Waals surface area contributed by atoms with Gasteiger partial charge in [-0.15, -0.1) is 0 Å². The first-order chi connectivity index (χ1) is 13.4. The first-order valence-corrected chi connectivity index (χ1v) is 9.17. The predicted octanol–water partition coefficient (Wildman–Crippen LogP) is 4.07. The minimum absolute atomic E-state index is 0.00808. The number of phenolic OH excluding ortho intramolecular Hbond substituents is 1. The van der Waals surface area contributed by atoms with E-state index < -0.39 is 27.5 Å². The lowest BCUT2D eigenvalue weighted by molar-refractivity contribution is -0.385. The Morgan fingerprint density at radius 3 is 2.68 bits per heavy atom. The summed E-state index contributed by atoms with van der Waals surface area (Å²) >= 11 is 6.67. The van der Waals surface area contributed by atoms with Gasteiger partial charge in [-0.05, 0) is 30.0 Å². The molecule has 0 unspecified atom stereocenters. The maximum atomic E-state index is 12.5. The molecule has 3 rings (SSSR count). The average Bonchev–Trinajstić information content (AvgIpc) is 2.92. The van der Waals surface area contributed by atoms with Gasteiger partial charge in [0.2, 0.25) is 5.75 Å². The second-order valence-corrected chi connectivity index (χ2v) is 6.98. The Bertz CT molecular complexity index is 994. The van der Waals surface area contributed by atoms with E-state index in [1.54, 1.807) is 24.3 Å². The monoisotopic (exact) mass is 420 g/mol. The van der Waals surface area contributed by atoms with Gasteiger partial charge in [-0.3, -0.25) is 24.6 Å². The zero-order valence-corrected chi connectivity index (χ0v) is 15.8. The fraction of sp³-hybridized carbons (Fsp3) is 0.111. The lowest BCUT2D eigenvalue weighted by Crippen LogP contribution is -2.32. The Morgan fingerprint density at radius 1 is 1.21 bits per heavy atom. The third-order valence-electron chi connectivity index (χ3n) is 3.81. The van der Waals surface area contributed by atoms with Crippen LogP contribution in [0.5, 0.6) is 11.5 Å². The van der Waals surface area contributed by atoms with Gasteiger partial charge in [0.05, 0.1) is 21.4 Å². The number of benzene rings is 2. The zero-order chi connectivity index (χ0) is 20.3. The van der Waals surface area contributed by atoms with Crippen molar-refractivity contribution in [1.82, 2.24) is 4.90 Å². The van der Waals surface area contributed by atoms with Gasteiger partial charge >= 0.3 is 5.69 Å². The van der Waals surface area contributed by atoms with Crippen LogP contribution in [0.4, 0.5) is 10.5 Å². The number of phenols is 1. The molecule has 0 aromatic heterocycles. The maximum absolute atomic E-state index is 12.5. The molecule has 8 nitrogen and oxygen atoms in total. The summed E-state index contributed by atoms with van der Waals surface area (Å²) in [5.74, 6) is -0.696. The number of hydrogen-bond acceptors (Lipinski definition) is 7. The van der Waals surface area contributed by atoms with E-state index in [9.17, 15) is 24.8 Å². The summed E-state index contributed by atoms with van der Waals surface area (Å²) in [4.78, 5) is 35.8. The average molecular weight is 421 g/mol. The lowest BCUT2D eigenvalue weighted by Gasteiger charge is -2.13. The van der Waals surface area contributed by atoms with Crippen LogP contribution >= 0.6 is 23.4 Å². The molecule has 0 spiro atoms. The number of nitro benzene ring substituents is 1. The Labute approximate surface area is 168 Å². The summed E-state index contributed by atoms with van der Waals surface area (Å²) in [6, 6.07) is 10.8. The molecule has 2 aromatic rings. The molecule has 144 valence electrons. The molecule has 1 aliphatic rings. The molecule has 2 amide bonds. The van der Waals surface area contributed by atoms with Gasteiger partial charge in [0.25, 0.3) is 11.1 Å². The summed E-state index contributed by atoms with van der Waals surface area (Å²) in [5.41, 5.74) is -0.409. The van der Waals surface area contributed by atoms with Crippen molar-refractivity contribution >= 4 is 46.3 Å². The van der Waals surface area contributed by atoms with Crippen LogP contribution in [0.2, 0.25) is 5.02 Å². The second kappa shape index (κ2) is 8.32. The molecule has 0 saturated carbocycles. The Hall–Kier alpha value is -3.04. The van der Waals surface area contributed by atoms with Gasteiger partial charge in [-0.2, -0.15) is 0 Å². The van der Waals surface area contributed by atoms with Crippen LogP contribution < -0.4 is 4.74 Å². The summed E-state index contributed by atoms with van der Waals surface area (Å²) in [5, 5.41) is 20.8. The molecule has 1 heterocycles. The van der Waals surface area contributed by atoms with Crippen molar-refractivity contribution in [1.29, 1.82) is 0 Å². The number of thioether (sulfide) groups is 1. The number of carbonyl (C=O) groups excluding carboxylic acids is 2. The van der Waals surface area contributed by atoms with Crippen LogP contribution in [0.25, 0.3) is 6.08 Å². The molecular weight excluding hydrogens is 408 g/mol. The van der Waals surface area contributed by atoms with Gasteiger partial charge < -0.3 is 9.84 Å². The molecule has 2 aromatic carbocycles. The zero-order valence-electron chi connectivity index (χ0n) is 14.2. The normalized spacial score (nSPS) is 15.3. The van der Waals surface area contributed by atoms with Gasteiger partial charge in [0, 0.05) is 11.6 Å². The molecule has 10 heteroatoms. The van der Waals surface area contributed by atoms with E-state index in [1.165, 1.54) is 18.2 Å². The van der Waals surface area contributed by atoms with E-state index in [0.717, 1.165) is 11.0 Å². The van der Waals surface area contributed by atoms with Crippen molar-refractivity contribution in [2.45, 2.75) is 0 Å². The molecule has 1 saturated heterocycles. The number of amides is 2. The fourth-order valence-electron chi connectivity index (χ4n) is 2.46. The highest BCUT2D eigenvalue weighted by atomic mass is 35.5. The Morgan fingerprint density at radius 2 is 1.96 bits per heavy atom. The smallest absolute Gasteiger partial charge is 0.311 e. The molecule has 1 N–H and O–H groups in total. The molecule has 0 radical (unpaired) electrons. The van der Waals surface area contributed by atoms with Crippen LogP contribution in [-0.2, 0) is 4.79 Å². The first kappa shape index (κ1) is 19.7. The minimum Gasteiger partial charge on any atom is -0.502 e. The number of aromatic hydroxyl groups is 1. The summed E-state index contributed by atoms with van der Waals surface area (Å²) in [6.07, 6.45) is 1.25. The fourth-order valence-corrected chi connectivity index (χ4v) is 3.50. The summed E-state index contributed by atoms with van der Waals surface area (Å²) in [7, 11) is 0. The molecule has 0 atom stereocenters. The Kier molecular flexibility index (Phi) is 5.86. The van der Waals surface area contributed by atoms with Crippen molar-refractivity contribution in [3.05, 3.63) is 68.1 Å². The van der Waals surface area contributed by atoms with E-state index in [1.807, 2.05) is 0 Å². The van der Waals surface area contributed by atoms with E-state index in [4.69, 9.17) is 16.3 Å². The van der Waals surface area contributed by atoms with Crippen LogP contribution in [0.3, 0.4) is 0 Å². The third kappa shape index (κ3) is 4.10. The SMILES string of the molecule is O=C1S/C(=C\c2cccc([N+](=O)[O-])c2O)C(=O)N1CCOc1ccccc1Cl. The number of nitro groups is 1. The highest BCUT2D eigenvalue weighted by Gasteiger charge is 2.35. The van der Waals surface area contributed by atoms with Gasteiger partial charge in [-0.1, -0.05) is 35.9 Å². The largest absolute Gasteiger partial charge is 0.502 e. The topological polar surface area (TPSA) is 110 Å². The van der Waals surface area contributed by atoms with Crippen LogP contribution in [0.15, 0.2) is 47.4 Å². The predicted molar refractivity (Wildman–Crippen MR) is 104 cm³/mol. The van der Waals surface area contributed by atoms with Gasteiger partial charge in [0.1, 0.15) is 12.4 Å². The number of imide groups is 1. The van der Waals surface area contributed by atoms with Crippen molar-refractivity contribution in [3.8, 4) is 11.5 Å². The van der Waals surface area contributed by atoms with Gasteiger partial charge in [-0.25, -0.2) is 0 Å². The number of rotatable bonds is 6. The van der Waals surface area contributed by atoms with Crippen molar-refractivity contribution in [2.24, 2.45) is 0 Å². The van der Waals surface area contributed by atoms with Crippen molar-refractivity contribution in [2.75, 3.05) is 13.2 Å². The number of carbonyl (C=O) groups is 2. The van der Waals surface area contributed by atoms with Crippen molar-refractivity contribution in [3.63, 3.8) is 0 Å². The second-order valence-electron chi connectivity index (χ2n) is 5.58. The molecule has 0 aliphatic carbocycles. The van der Waals surface area contributed by atoms with E-state index in [2.05, 4.69) is 0 Å². The summed E-state index contributed by atoms with van der Waals surface area (Å²) in [6.45, 7) is 0.0608. The van der Waals surface area contributed by atoms with E-state index in [-0.39, 0.29) is 23.6 Å². The lowest BCUT2D eigenvalue weighted by atomic mass is 10.1. The quantitative estimate of drug-likeness (QED) is 0.426. The molecule has 1 fully saturated rings. The standard InChI is InChI=1S/C18H13ClN2O6S/c19-12-5-1-2-7-14(12)27-9-8-20-17(23)15(28-18(20)24)10-11-4-3-6-13(16(11)22)21(25)26/h1-7,10,22H,8-9H2/b15-10-. The van der Waals surface area contributed by atoms with E-state index in [0.29, 0.717) is 22.5 Å². The van der Waals surface area contributed by atoms with Crippen molar-refractivity contribution < 1.29 is 24.4 Å². The highest BCUT2D eigenvalue weighted by Crippen LogP contribution is 2.36. The number of ether oxygens (including phenoxy) is 1. The number of nitrogens with zero attached hydrogens (tertiary/aromatic N) is 2. The minimum atomic E-state index is -0.732.